The molecule has 0 radical (unpaired) electrons. The van der Waals surface area contributed by atoms with E-state index in [9.17, 15) is 202 Å². The highest BCUT2D eigenvalue weighted by atomic mass is 16.8. The van der Waals surface area contributed by atoms with Crippen molar-refractivity contribution in [2.75, 3.05) is 85.8 Å². The van der Waals surface area contributed by atoms with Crippen LogP contribution in [0.3, 0.4) is 0 Å². The highest BCUT2D eigenvalue weighted by Crippen LogP contribution is 2.43. The SMILES string of the molecule is CC(=O)NC1[C@H](O)OC(CO)[C@@H](O[C@@H]2OC(CO[C@]3(C(=O)O)C[C@@H](O)[C@@H](C)C([C@H](O)[C@H](O)CO)O3)[C@H](O)[C@H](O)C2O)[C@@H]1O.CC(=O)NC1[C@H](O)OC(CO)[C@@H](O[C@@H]2OC(CO[C@]3(C(=O)O)C[C@@H](O)[C@@H](C)C([C@H](O)[C@H](O)CO)O3)[C@H](O)[C@H](O)C2O)[C@@H]1O.CC(=O)NC1[C@H](OCCN)OC(CO)[C@@H](O[C@@H]2OC(CO)[C@@H](O[C@@H]3OC(CO[C@@H]4C[C@@H](O)[C@H](O)C(CO)O4)[C@@H](O)[C@H](O[C@H]4CC(O)[C@@H](O)C(CO)O4)C3O)[C@H](O)C2NC(C)=O)[C@@H]1O. The Morgan fingerprint density at radius 2 is 0.644 bits per heavy atom. The van der Waals surface area contributed by atoms with E-state index in [1.165, 1.54) is 20.8 Å². The number of rotatable bonds is 40. The van der Waals surface area contributed by atoms with Crippen molar-refractivity contribution < 1.29 is 297 Å². The number of carboxylic acid groups (broad SMARTS) is 2. The Kier molecular flexibility index (Phi) is 48.4. The highest BCUT2D eigenvalue weighted by Gasteiger charge is 2.63. The Bertz CT molecular complexity index is 3950. The smallest absolute Gasteiger partial charge is 0.364 e. The fraction of sp³-hybridized carbons (Fsp3) is 0.929. The number of nitrogens with one attached hydrogen (secondary N) is 4. The molecule has 0 aromatic carbocycles. The van der Waals surface area contributed by atoms with Crippen LogP contribution < -0.4 is 27.0 Å². The molecule has 149 heavy (non-hydrogen) atoms. The molecule has 0 aromatic heterocycles. The van der Waals surface area contributed by atoms with Gasteiger partial charge in [-0.25, -0.2) is 9.59 Å². The van der Waals surface area contributed by atoms with Gasteiger partial charge in [0.1, 0.15) is 219 Å². The minimum Gasteiger partial charge on any atom is -0.477 e. The molecule has 0 aromatic rings. The summed E-state index contributed by atoms with van der Waals surface area (Å²) in [5.41, 5.74) is 5.54. The summed E-state index contributed by atoms with van der Waals surface area (Å²) >= 11 is 0. The Labute approximate surface area is 846 Å². The number of amides is 4. The summed E-state index contributed by atoms with van der Waals surface area (Å²) in [6.45, 7) is -1.70. The zero-order valence-electron chi connectivity index (χ0n) is 81.0. The quantitative estimate of drug-likeness (QED) is 0.0271. The van der Waals surface area contributed by atoms with Crippen LogP contribution in [-0.2, 0) is 124 Å². The molecular weight excluding hydrogens is 2040 g/mol. The molecule has 65 heteroatoms. The second-order valence-corrected chi connectivity index (χ2v) is 37.7. The van der Waals surface area contributed by atoms with Gasteiger partial charge in [-0.15, -0.1) is 0 Å². The van der Waals surface area contributed by atoms with Crippen LogP contribution in [-0.4, -0.2) is 619 Å². The van der Waals surface area contributed by atoms with Gasteiger partial charge in [0.25, 0.3) is 11.6 Å². The van der Waals surface area contributed by atoms with E-state index in [1.54, 1.807) is 0 Å². The second-order valence-electron chi connectivity index (χ2n) is 37.7. The molecule has 11 aliphatic rings. The molecule has 4 amide bonds. The molecule has 0 spiro atoms. The van der Waals surface area contributed by atoms with Crippen LogP contribution in [0.25, 0.3) is 0 Å². The molecule has 0 bridgehead atoms. The number of hydrogen-bond donors (Lipinski definition) is 39. The number of hydrogen-bond acceptors (Lipinski definition) is 59. The van der Waals surface area contributed by atoms with Gasteiger partial charge in [-0.3, -0.25) is 19.2 Å². The van der Waals surface area contributed by atoms with E-state index in [4.69, 9.17) is 100 Å². The van der Waals surface area contributed by atoms with Gasteiger partial charge in [-0.1, -0.05) is 13.8 Å². The minimum absolute atomic E-state index is 0.0449. The van der Waals surface area contributed by atoms with Gasteiger partial charge >= 0.3 is 11.9 Å². The van der Waals surface area contributed by atoms with E-state index in [2.05, 4.69) is 21.3 Å². The zero-order chi connectivity index (χ0) is 111. The topological polar surface area (TPSA) is 1050 Å². The number of ether oxygens (including phenoxy) is 20. The van der Waals surface area contributed by atoms with Crippen molar-refractivity contribution in [2.24, 2.45) is 17.6 Å². The first-order valence-corrected chi connectivity index (χ1v) is 47.6. The zero-order valence-corrected chi connectivity index (χ0v) is 81.0. The van der Waals surface area contributed by atoms with Crippen molar-refractivity contribution in [1.29, 1.82) is 0 Å². The lowest BCUT2D eigenvalue weighted by Crippen LogP contribution is -2.70. The molecule has 19 unspecified atom stereocenters. The maximum absolute atomic E-state index is 12.5. The summed E-state index contributed by atoms with van der Waals surface area (Å²) in [6, 6.07) is -5.78. The second kappa shape index (κ2) is 56.7. The standard InChI is InChI=1S/C36H63N3O24.2C24H41NO18/c1-12(44)38-23-28(51)31(18(9-42)58-34(23)54-4-3-37)62-35-24(39-13(2)45)29(52)32(19(10-43)59-35)63-36-30(53)33(61-22-6-15(47)26(49)17(8-41)57-22)27(50)20(60-36)11-55-21-5-14(46)25(48)16(7-40)56-21;2*1-7-9(29)3-24(23(37)38,43-19(7)14(31)10(30)4-26)39-6-12-15(32)17(34)18(35)22(41-12)42-20-11(5-27)40-21(36)13(16(20)33)25-8(2)28/h14-36,40-43,46-53H,3-11,37H2,1-2H3,(H,38,44)(H,39,45);2*7,9-22,26-27,29-36H,3-6H2,1-2H3,(H,25,28)(H,37,38)/t14-,15?,16?,17?,18?,19?,20?,21+,22+,23?,24?,25+,26-,27-,28-,29-,30?,31-,32-,33+,34-,35+,36+;2*7-,9-,10-,11?,12?,13?,14-,15+,16-,17+,18?,19?,20-,21-,22+,24-/m111/s1. The minimum atomic E-state index is -2.68. The molecule has 0 aliphatic carbocycles. The largest absolute Gasteiger partial charge is 0.477 e. The Hall–Kier alpha value is -5.30. The van der Waals surface area contributed by atoms with Gasteiger partial charge in [0.05, 0.1) is 116 Å². The number of aliphatic hydroxyl groups excluding tert-OH is 32. The maximum atomic E-state index is 12.5. The van der Waals surface area contributed by atoms with E-state index in [-0.39, 0.29) is 19.6 Å². The molecule has 866 valence electrons. The van der Waals surface area contributed by atoms with Gasteiger partial charge in [0.15, 0.2) is 56.6 Å². The van der Waals surface area contributed by atoms with E-state index >= 15 is 0 Å². The van der Waals surface area contributed by atoms with E-state index in [0.29, 0.717) is 0 Å². The number of nitrogens with two attached hydrogens (primary N) is 1. The van der Waals surface area contributed by atoms with Crippen molar-refractivity contribution in [2.45, 2.75) is 392 Å². The third kappa shape index (κ3) is 30.6. The predicted molar refractivity (Wildman–Crippen MR) is 466 cm³/mol. The van der Waals surface area contributed by atoms with Crippen LogP contribution in [0.4, 0.5) is 0 Å². The summed E-state index contributed by atoms with van der Waals surface area (Å²) in [4.78, 5) is 72.2. The van der Waals surface area contributed by atoms with Gasteiger partial charge in [0, 0.05) is 71.8 Å². The molecule has 55 atom stereocenters. The van der Waals surface area contributed by atoms with Crippen molar-refractivity contribution >= 4 is 35.6 Å². The first-order chi connectivity index (χ1) is 70.1. The van der Waals surface area contributed by atoms with Crippen LogP contribution in [0.2, 0.25) is 0 Å². The average molecular weight is 2190 g/mol. The Balaban J connectivity index is 0.000000256. The van der Waals surface area contributed by atoms with Gasteiger partial charge in [0.2, 0.25) is 23.6 Å². The summed E-state index contributed by atoms with van der Waals surface area (Å²) in [6.07, 6.45) is -80.1. The molecular formula is C84H145N5O60. The first-order valence-electron chi connectivity index (χ1n) is 47.6. The third-order valence-corrected chi connectivity index (χ3v) is 27.0. The molecule has 11 heterocycles. The average Bonchev–Trinajstić information content (AvgIpc) is 0.765. The number of carbonyl (C=O) groups excluding carboxylic acids is 4. The first kappa shape index (κ1) is 127. The normalized spacial score (nSPS) is 45.6. The van der Waals surface area contributed by atoms with Gasteiger partial charge < -0.3 is 295 Å². The van der Waals surface area contributed by atoms with E-state index in [0.717, 1.165) is 20.8 Å². The number of carboxylic acids is 2. The Morgan fingerprint density at radius 1 is 0.329 bits per heavy atom. The van der Waals surface area contributed by atoms with Gasteiger partial charge in [-0.2, -0.15) is 0 Å². The maximum Gasteiger partial charge on any atom is 0.364 e. The molecule has 11 fully saturated rings. The van der Waals surface area contributed by atoms with Crippen LogP contribution in [0.15, 0.2) is 0 Å². The van der Waals surface area contributed by atoms with E-state index < -0.39 is 464 Å². The lowest BCUT2D eigenvalue weighted by molar-refractivity contribution is -0.376. The molecule has 11 rings (SSSR count). The molecule has 40 N–H and O–H groups in total. The van der Waals surface area contributed by atoms with Crippen LogP contribution >= 0.6 is 0 Å². The Morgan fingerprint density at radius 3 is 1.00 bits per heavy atom. The number of aliphatic hydroxyl groups is 32. The molecule has 11 aliphatic heterocycles. The molecule has 65 nitrogen and oxygen atoms in total. The van der Waals surface area contributed by atoms with Crippen LogP contribution in [0.5, 0.6) is 0 Å². The summed E-state index contributed by atoms with van der Waals surface area (Å²) in [5, 5.41) is 361. The summed E-state index contributed by atoms with van der Waals surface area (Å²) in [5.74, 6) is -13.4. The summed E-state index contributed by atoms with van der Waals surface area (Å²) < 4.78 is 113. The molecule has 11 saturated heterocycles. The van der Waals surface area contributed by atoms with Crippen molar-refractivity contribution in [1.82, 2.24) is 21.3 Å². The van der Waals surface area contributed by atoms with Crippen LogP contribution in [0, 0.1) is 11.8 Å². The fourth-order valence-corrected chi connectivity index (χ4v) is 18.5. The van der Waals surface area contributed by atoms with Crippen LogP contribution in [0.1, 0.15) is 67.2 Å². The van der Waals surface area contributed by atoms with Gasteiger partial charge in [-0.05, 0) is 0 Å². The fourth-order valence-electron chi connectivity index (χ4n) is 18.5. The number of carbonyl (C=O) groups is 6. The van der Waals surface area contributed by atoms with Crippen molar-refractivity contribution in [3.8, 4) is 0 Å². The highest BCUT2D eigenvalue weighted by molar-refractivity contribution is 5.77. The van der Waals surface area contributed by atoms with Crippen molar-refractivity contribution in [3.05, 3.63) is 0 Å². The third-order valence-electron chi connectivity index (χ3n) is 27.0. The van der Waals surface area contributed by atoms with E-state index in [1.807, 2.05) is 0 Å². The molecule has 0 saturated carbocycles. The predicted octanol–water partition coefficient (Wildman–Crippen LogP) is -23.5. The lowest BCUT2D eigenvalue weighted by Gasteiger charge is -2.50. The summed E-state index contributed by atoms with van der Waals surface area (Å²) in [7, 11) is 0. The van der Waals surface area contributed by atoms with Crippen molar-refractivity contribution in [3.63, 3.8) is 0 Å². The number of aliphatic carboxylic acids is 2. The lowest BCUT2D eigenvalue weighted by atomic mass is 9.84. The monoisotopic (exact) mass is 2180 g/mol.